The standard InChI is InChI=1S/C13H22N2O3/c1-3-14-12-6-4-7-13(15-12)18-11-10-17-9-5-8-16-2/h4,6-7H,3,5,8-11H2,1-2H3,(H,14,15). The molecule has 1 rings (SSSR count). The Morgan fingerprint density at radius 3 is 2.83 bits per heavy atom. The van der Waals surface area contributed by atoms with Gasteiger partial charge in [0, 0.05) is 32.9 Å². The van der Waals surface area contributed by atoms with Crippen molar-refractivity contribution < 1.29 is 14.2 Å². The second-order valence-corrected chi connectivity index (χ2v) is 3.70. The van der Waals surface area contributed by atoms with E-state index in [2.05, 4.69) is 10.3 Å². The van der Waals surface area contributed by atoms with Crippen LogP contribution in [-0.2, 0) is 9.47 Å². The molecule has 0 saturated carbocycles. The van der Waals surface area contributed by atoms with E-state index in [1.165, 1.54) is 0 Å². The smallest absolute Gasteiger partial charge is 0.215 e. The van der Waals surface area contributed by atoms with E-state index in [9.17, 15) is 0 Å². The van der Waals surface area contributed by atoms with Crippen molar-refractivity contribution in [2.24, 2.45) is 0 Å². The average Bonchev–Trinajstić information content (AvgIpc) is 2.39. The van der Waals surface area contributed by atoms with Crippen molar-refractivity contribution in [3.05, 3.63) is 18.2 Å². The summed E-state index contributed by atoms with van der Waals surface area (Å²) < 4.78 is 15.8. The summed E-state index contributed by atoms with van der Waals surface area (Å²) in [4.78, 5) is 4.30. The molecular weight excluding hydrogens is 232 g/mol. The number of rotatable bonds is 10. The molecule has 102 valence electrons. The maximum Gasteiger partial charge on any atom is 0.215 e. The number of methoxy groups -OCH3 is 1. The monoisotopic (exact) mass is 254 g/mol. The molecule has 5 nitrogen and oxygen atoms in total. The molecule has 18 heavy (non-hydrogen) atoms. The summed E-state index contributed by atoms with van der Waals surface area (Å²) in [5.74, 6) is 1.45. The molecule has 0 saturated heterocycles. The summed E-state index contributed by atoms with van der Waals surface area (Å²) in [6, 6.07) is 5.67. The SMILES string of the molecule is CCNc1cccc(OCCOCCCOC)n1. The number of aromatic nitrogens is 1. The average molecular weight is 254 g/mol. The maximum absolute atomic E-state index is 5.49. The lowest BCUT2D eigenvalue weighted by Crippen LogP contribution is -2.09. The van der Waals surface area contributed by atoms with E-state index < -0.39 is 0 Å². The van der Waals surface area contributed by atoms with Crippen molar-refractivity contribution in [1.82, 2.24) is 4.98 Å². The van der Waals surface area contributed by atoms with Crippen LogP contribution in [0.15, 0.2) is 18.2 Å². The fourth-order valence-corrected chi connectivity index (χ4v) is 1.39. The van der Waals surface area contributed by atoms with Gasteiger partial charge in [-0.2, -0.15) is 4.98 Å². The number of ether oxygens (including phenoxy) is 3. The highest BCUT2D eigenvalue weighted by atomic mass is 16.5. The van der Waals surface area contributed by atoms with Gasteiger partial charge in [-0.15, -0.1) is 0 Å². The third-order valence-corrected chi connectivity index (χ3v) is 2.20. The van der Waals surface area contributed by atoms with E-state index in [0.29, 0.717) is 25.7 Å². The van der Waals surface area contributed by atoms with Crippen LogP contribution in [0.1, 0.15) is 13.3 Å². The van der Waals surface area contributed by atoms with Gasteiger partial charge in [0.25, 0.3) is 0 Å². The van der Waals surface area contributed by atoms with Crippen molar-refractivity contribution in [3.8, 4) is 5.88 Å². The van der Waals surface area contributed by atoms with Crippen LogP contribution in [0.5, 0.6) is 5.88 Å². The molecule has 1 aromatic rings. The predicted molar refractivity (Wildman–Crippen MR) is 71.2 cm³/mol. The van der Waals surface area contributed by atoms with E-state index >= 15 is 0 Å². The maximum atomic E-state index is 5.49. The normalized spacial score (nSPS) is 10.3. The van der Waals surface area contributed by atoms with Crippen molar-refractivity contribution in [3.63, 3.8) is 0 Å². The zero-order valence-corrected chi connectivity index (χ0v) is 11.1. The van der Waals surface area contributed by atoms with Crippen LogP contribution in [-0.4, -0.2) is 45.1 Å². The van der Waals surface area contributed by atoms with Gasteiger partial charge in [-0.05, 0) is 19.4 Å². The highest BCUT2D eigenvalue weighted by molar-refractivity contribution is 5.36. The van der Waals surface area contributed by atoms with Crippen LogP contribution in [0.25, 0.3) is 0 Å². The highest BCUT2D eigenvalue weighted by Crippen LogP contribution is 2.10. The second kappa shape index (κ2) is 9.67. The van der Waals surface area contributed by atoms with Crippen molar-refractivity contribution in [2.75, 3.05) is 45.4 Å². The van der Waals surface area contributed by atoms with Crippen LogP contribution in [0.3, 0.4) is 0 Å². The van der Waals surface area contributed by atoms with Gasteiger partial charge in [0.2, 0.25) is 5.88 Å². The molecule has 0 spiro atoms. The van der Waals surface area contributed by atoms with Crippen LogP contribution < -0.4 is 10.1 Å². The van der Waals surface area contributed by atoms with Crippen LogP contribution >= 0.6 is 0 Å². The first-order valence-electron chi connectivity index (χ1n) is 6.27. The first-order chi connectivity index (χ1) is 8.86. The van der Waals surface area contributed by atoms with Crippen molar-refractivity contribution >= 4 is 5.82 Å². The lowest BCUT2D eigenvalue weighted by molar-refractivity contribution is 0.0796. The topological polar surface area (TPSA) is 52.6 Å². The van der Waals surface area contributed by atoms with Crippen LogP contribution in [0, 0.1) is 0 Å². The summed E-state index contributed by atoms with van der Waals surface area (Å²) in [6.07, 6.45) is 0.907. The minimum Gasteiger partial charge on any atom is -0.475 e. The fourth-order valence-electron chi connectivity index (χ4n) is 1.39. The molecule has 0 aliphatic heterocycles. The van der Waals surface area contributed by atoms with Crippen molar-refractivity contribution in [2.45, 2.75) is 13.3 Å². The Kier molecular flexibility index (Phi) is 7.92. The molecule has 1 heterocycles. The number of hydrogen-bond acceptors (Lipinski definition) is 5. The molecular formula is C13H22N2O3. The zero-order chi connectivity index (χ0) is 13.1. The molecule has 0 fully saturated rings. The first-order valence-corrected chi connectivity index (χ1v) is 6.27. The predicted octanol–water partition coefficient (Wildman–Crippen LogP) is 1.95. The van der Waals surface area contributed by atoms with Gasteiger partial charge in [0.05, 0.1) is 6.61 Å². The number of hydrogen-bond donors (Lipinski definition) is 1. The molecule has 0 aliphatic rings. The molecule has 0 unspecified atom stereocenters. The molecule has 0 aliphatic carbocycles. The van der Waals surface area contributed by atoms with E-state index in [4.69, 9.17) is 14.2 Å². The third-order valence-electron chi connectivity index (χ3n) is 2.20. The molecule has 1 aromatic heterocycles. The van der Waals surface area contributed by atoms with Gasteiger partial charge >= 0.3 is 0 Å². The quantitative estimate of drug-likeness (QED) is 0.647. The Hall–Kier alpha value is -1.33. The van der Waals surface area contributed by atoms with E-state index in [0.717, 1.165) is 25.4 Å². The van der Waals surface area contributed by atoms with Gasteiger partial charge in [-0.25, -0.2) is 0 Å². The summed E-state index contributed by atoms with van der Waals surface area (Å²) in [6.45, 7) is 5.38. The molecule has 5 heteroatoms. The molecule has 0 aromatic carbocycles. The number of nitrogens with zero attached hydrogens (tertiary/aromatic N) is 1. The van der Waals surface area contributed by atoms with E-state index in [1.54, 1.807) is 7.11 Å². The molecule has 0 bridgehead atoms. The zero-order valence-electron chi connectivity index (χ0n) is 11.1. The van der Waals surface area contributed by atoms with Gasteiger partial charge in [0.1, 0.15) is 12.4 Å². The van der Waals surface area contributed by atoms with Crippen molar-refractivity contribution in [1.29, 1.82) is 0 Å². The lowest BCUT2D eigenvalue weighted by Gasteiger charge is -2.08. The minimum absolute atomic E-state index is 0.509. The summed E-state index contributed by atoms with van der Waals surface area (Å²) in [7, 11) is 1.69. The molecule has 0 radical (unpaired) electrons. The fraction of sp³-hybridized carbons (Fsp3) is 0.615. The molecule has 1 N–H and O–H groups in total. The Balaban J connectivity index is 2.13. The molecule has 0 atom stereocenters. The summed E-state index contributed by atoms with van der Waals surface area (Å²) in [5, 5.41) is 3.14. The minimum atomic E-state index is 0.509. The third kappa shape index (κ3) is 6.42. The largest absolute Gasteiger partial charge is 0.475 e. The Bertz CT molecular complexity index is 321. The van der Waals surface area contributed by atoms with Crippen LogP contribution in [0.4, 0.5) is 5.82 Å². The van der Waals surface area contributed by atoms with E-state index in [-0.39, 0.29) is 0 Å². The Labute approximate surface area is 108 Å². The van der Waals surface area contributed by atoms with Gasteiger partial charge in [0.15, 0.2) is 0 Å². The first kappa shape index (κ1) is 14.7. The van der Waals surface area contributed by atoms with Gasteiger partial charge in [-0.3, -0.25) is 0 Å². The van der Waals surface area contributed by atoms with E-state index in [1.807, 2.05) is 25.1 Å². The van der Waals surface area contributed by atoms with Gasteiger partial charge < -0.3 is 19.5 Å². The second-order valence-electron chi connectivity index (χ2n) is 3.70. The van der Waals surface area contributed by atoms with Crippen LogP contribution in [0.2, 0.25) is 0 Å². The summed E-state index contributed by atoms with van der Waals surface area (Å²) >= 11 is 0. The molecule has 0 amide bonds. The lowest BCUT2D eigenvalue weighted by atomic mass is 10.4. The number of pyridine rings is 1. The Morgan fingerprint density at radius 2 is 2.06 bits per heavy atom. The Morgan fingerprint density at radius 1 is 1.17 bits per heavy atom. The number of nitrogens with one attached hydrogen (secondary N) is 1. The number of anilines is 1. The summed E-state index contributed by atoms with van der Waals surface area (Å²) in [5.41, 5.74) is 0. The van der Waals surface area contributed by atoms with Gasteiger partial charge in [-0.1, -0.05) is 6.07 Å². The highest BCUT2D eigenvalue weighted by Gasteiger charge is 1.97.